The molecule has 25 heavy (non-hydrogen) atoms. The van der Waals surface area contributed by atoms with E-state index in [-0.39, 0.29) is 23.7 Å². The zero-order valence-electron chi connectivity index (χ0n) is 14.0. The fraction of sp³-hybridized carbons (Fsp3) is 0.250. The molecule has 0 heterocycles. The molecule has 2 aromatic rings. The molecule has 2 N–H and O–H groups in total. The molecule has 0 spiro atoms. The first kappa shape index (κ1) is 16.7. The first-order valence-corrected chi connectivity index (χ1v) is 8.32. The second kappa shape index (κ2) is 7.18. The van der Waals surface area contributed by atoms with Crippen molar-refractivity contribution in [3.63, 3.8) is 0 Å². The third-order valence-corrected chi connectivity index (χ3v) is 4.43. The minimum atomic E-state index is -0.347. The van der Waals surface area contributed by atoms with Gasteiger partial charge in [-0.3, -0.25) is 9.59 Å². The maximum atomic E-state index is 12.4. The fourth-order valence-electron chi connectivity index (χ4n) is 2.87. The van der Waals surface area contributed by atoms with Gasteiger partial charge in [0, 0.05) is 5.69 Å². The van der Waals surface area contributed by atoms with Crippen LogP contribution in [0.2, 0.25) is 0 Å². The number of carbonyl (C=O) groups excluding carboxylic acids is 2. The van der Waals surface area contributed by atoms with Crippen LogP contribution in [0, 0.1) is 23.2 Å². The molecule has 1 saturated carbocycles. The van der Waals surface area contributed by atoms with Crippen molar-refractivity contribution in [1.29, 1.82) is 5.26 Å². The second-order valence-electron chi connectivity index (χ2n) is 6.10. The predicted octanol–water partition coefficient (Wildman–Crippen LogP) is 3.33. The van der Waals surface area contributed by atoms with Gasteiger partial charge < -0.3 is 10.6 Å². The fourth-order valence-corrected chi connectivity index (χ4v) is 2.87. The average molecular weight is 333 g/mol. The van der Waals surface area contributed by atoms with E-state index >= 15 is 0 Å². The normalized spacial score (nSPS) is 18.1. The Morgan fingerprint density at radius 3 is 2.20 bits per heavy atom. The third-order valence-electron chi connectivity index (χ3n) is 4.43. The lowest BCUT2D eigenvalue weighted by atomic mass is 10.1. The van der Waals surface area contributed by atoms with E-state index in [4.69, 9.17) is 5.26 Å². The first-order chi connectivity index (χ1) is 12.1. The maximum absolute atomic E-state index is 12.4. The van der Waals surface area contributed by atoms with Crippen LogP contribution in [0.15, 0.2) is 48.5 Å². The average Bonchev–Trinajstić information content (AvgIpc) is 3.43. The Hall–Kier alpha value is -3.13. The van der Waals surface area contributed by atoms with E-state index in [2.05, 4.69) is 10.6 Å². The summed E-state index contributed by atoms with van der Waals surface area (Å²) in [5, 5.41) is 14.8. The van der Waals surface area contributed by atoms with E-state index in [9.17, 15) is 9.59 Å². The minimum Gasteiger partial charge on any atom is -0.326 e. The summed E-state index contributed by atoms with van der Waals surface area (Å²) in [7, 11) is 0. The van der Waals surface area contributed by atoms with Crippen LogP contribution in [0.3, 0.4) is 0 Å². The molecule has 3 rings (SSSR count). The van der Waals surface area contributed by atoms with Crippen molar-refractivity contribution >= 4 is 23.2 Å². The standard InChI is InChI=1S/C20H19N3O2/c1-2-13-7-3-5-9-17(13)22-19(24)15-11-16(15)20(25)23-18-10-6-4-8-14(18)12-21/h3-10,15-16H,2,11H2,1H3,(H,22,24)(H,23,25). The summed E-state index contributed by atoms with van der Waals surface area (Å²) in [5.41, 5.74) is 2.77. The summed E-state index contributed by atoms with van der Waals surface area (Å²) in [6, 6.07) is 16.5. The Kier molecular flexibility index (Phi) is 4.80. The molecule has 2 unspecified atom stereocenters. The van der Waals surface area contributed by atoms with Crippen molar-refractivity contribution in [3.05, 3.63) is 59.7 Å². The van der Waals surface area contributed by atoms with E-state index in [1.165, 1.54) is 0 Å². The predicted molar refractivity (Wildman–Crippen MR) is 95.8 cm³/mol. The van der Waals surface area contributed by atoms with Crippen LogP contribution in [0.4, 0.5) is 11.4 Å². The number of carbonyl (C=O) groups is 2. The van der Waals surface area contributed by atoms with E-state index in [0.717, 1.165) is 17.7 Å². The van der Waals surface area contributed by atoms with Crippen LogP contribution < -0.4 is 10.6 Å². The van der Waals surface area contributed by atoms with Crippen LogP contribution in [-0.2, 0) is 16.0 Å². The number of amides is 2. The molecular formula is C20H19N3O2. The molecule has 0 radical (unpaired) electrons. The van der Waals surface area contributed by atoms with Gasteiger partial charge in [0.1, 0.15) is 6.07 Å². The number of nitrogens with zero attached hydrogens (tertiary/aromatic N) is 1. The van der Waals surface area contributed by atoms with Gasteiger partial charge in [0.2, 0.25) is 11.8 Å². The third kappa shape index (κ3) is 3.69. The highest BCUT2D eigenvalue weighted by Gasteiger charge is 2.48. The number of aryl methyl sites for hydroxylation is 1. The molecule has 2 atom stereocenters. The van der Waals surface area contributed by atoms with Gasteiger partial charge in [-0.05, 0) is 36.6 Å². The molecule has 1 fully saturated rings. The zero-order valence-corrected chi connectivity index (χ0v) is 14.0. The van der Waals surface area contributed by atoms with Crippen molar-refractivity contribution in [1.82, 2.24) is 0 Å². The van der Waals surface area contributed by atoms with Crippen LogP contribution in [-0.4, -0.2) is 11.8 Å². The summed E-state index contributed by atoms with van der Waals surface area (Å²) in [6.07, 6.45) is 1.36. The number of hydrogen-bond donors (Lipinski definition) is 2. The Morgan fingerprint density at radius 2 is 1.56 bits per heavy atom. The van der Waals surface area contributed by atoms with Crippen LogP contribution in [0.5, 0.6) is 0 Å². The molecule has 1 aliphatic rings. The summed E-state index contributed by atoms with van der Waals surface area (Å²) in [6.45, 7) is 2.03. The number of nitriles is 1. The van der Waals surface area contributed by atoms with Crippen LogP contribution in [0.25, 0.3) is 0 Å². The summed E-state index contributed by atoms with van der Waals surface area (Å²) < 4.78 is 0. The molecule has 0 saturated heterocycles. The van der Waals surface area contributed by atoms with Gasteiger partial charge in [-0.15, -0.1) is 0 Å². The lowest BCUT2D eigenvalue weighted by molar-refractivity contribution is -0.122. The first-order valence-electron chi connectivity index (χ1n) is 8.32. The second-order valence-corrected chi connectivity index (χ2v) is 6.10. The van der Waals surface area contributed by atoms with E-state index < -0.39 is 0 Å². The highest BCUT2D eigenvalue weighted by atomic mass is 16.2. The lowest BCUT2D eigenvalue weighted by Gasteiger charge is -2.10. The summed E-state index contributed by atoms with van der Waals surface area (Å²) in [5.74, 6) is -1.01. The van der Waals surface area contributed by atoms with Gasteiger partial charge in [-0.1, -0.05) is 37.3 Å². The molecule has 1 aliphatic carbocycles. The molecule has 0 aromatic heterocycles. The highest BCUT2D eigenvalue weighted by Crippen LogP contribution is 2.40. The summed E-state index contributed by atoms with van der Waals surface area (Å²) in [4.78, 5) is 24.7. The molecule has 5 heteroatoms. The monoisotopic (exact) mass is 333 g/mol. The Balaban J connectivity index is 1.61. The van der Waals surface area contributed by atoms with Crippen molar-refractivity contribution in [2.24, 2.45) is 11.8 Å². The van der Waals surface area contributed by atoms with Crippen LogP contribution in [0.1, 0.15) is 24.5 Å². The number of benzene rings is 2. The van der Waals surface area contributed by atoms with Gasteiger partial charge in [0.15, 0.2) is 0 Å². The SMILES string of the molecule is CCc1ccccc1NC(=O)C1CC1C(=O)Nc1ccccc1C#N. The molecule has 0 aliphatic heterocycles. The summed E-state index contributed by atoms with van der Waals surface area (Å²) >= 11 is 0. The minimum absolute atomic E-state index is 0.130. The Morgan fingerprint density at radius 1 is 1.00 bits per heavy atom. The molecule has 2 aromatic carbocycles. The molecule has 126 valence electrons. The van der Waals surface area contributed by atoms with Crippen molar-refractivity contribution in [3.8, 4) is 6.07 Å². The van der Waals surface area contributed by atoms with Crippen LogP contribution >= 0.6 is 0 Å². The molecule has 0 bridgehead atoms. The van der Waals surface area contributed by atoms with Gasteiger partial charge in [0.25, 0.3) is 0 Å². The molecule has 2 amide bonds. The van der Waals surface area contributed by atoms with E-state index in [0.29, 0.717) is 17.7 Å². The number of anilines is 2. The number of rotatable bonds is 5. The van der Waals surface area contributed by atoms with Crippen molar-refractivity contribution < 1.29 is 9.59 Å². The maximum Gasteiger partial charge on any atom is 0.228 e. The van der Waals surface area contributed by atoms with Gasteiger partial charge in [-0.25, -0.2) is 0 Å². The van der Waals surface area contributed by atoms with Gasteiger partial charge in [-0.2, -0.15) is 5.26 Å². The Labute approximate surface area is 146 Å². The topological polar surface area (TPSA) is 82.0 Å². The highest BCUT2D eigenvalue weighted by molar-refractivity contribution is 6.03. The largest absolute Gasteiger partial charge is 0.326 e. The number of para-hydroxylation sites is 2. The van der Waals surface area contributed by atoms with Gasteiger partial charge >= 0.3 is 0 Å². The number of nitrogens with one attached hydrogen (secondary N) is 2. The smallest absolute Gasteiger partial charge is 0.228 e. The van der Waals surface area contributed by atoms with Crippen molar-refractivity contribution in [2.45, 2.75) is 19.8 Å². The lowest BCUT2D eigenvalue weighted by Crippen LogP contribution is -2.21. The van der Waals surface area contributed by atoms with E-state index in [1.807, 2.05) is 37.3 Å². The molecule has 5 nitrogen and oxygen atoms in total. The van der Waals surface area contributed by atoms with Crippen molar-refractivity contribution in [2.75, 3.05) is 10.6 Å². The molecular weight excluding hydrogens is 314 g/mol. The van der Waals surface area contributed by atoms with Gasteiger partial charge in [0.05, 0.1) is 23.1 Å². The number of hydrogen-bond acceptors (Lipinski definition) is 3. The zero-order chi connectivity index (χ0) is 17.8. The van der Waals surface area contributed by atoms with E-state index in [1.54, 1.807) is 24.3 Å². The quantitative estimate of drug-likeness (QED) is 0.880. The Bertz CT molecular complexity index is 854.